The molecule has 1 aliphatic rings. The van der Waals surface area contributed by atoms with Gasteiger partial charge in [-0.15, -0.1) is 0 Å². The lowest BCUT2D eigenvalue weighted by Gasteiger charge is -2.37. The van der Waals surface area contributed by atoms with Gasteiger partial charge in [0.15, 0.2) is 0 Å². The maximum atomic E-state index is 13.4. The van der Waals surface area contributed by atoms with Crippen molar-refractivity contribution < 1.29 is 4.79 Å². The predicted molar refractivity (Wildman–Crippen MR) is 119 cm³/mol. The SMILES string of the molecule is Cc1nn(CC(C)C)c(C)c1CCC(=O)N1CCn2cccc2C1c1ccccc1. The van der Waals surface area contributed by atoms with E-state index in [9.17, 15) is 4.79 Å². The van der Waals surface area contributed by atoms with Gasteiger partial charge >= 0.3 is 0 Å². The first-order valence-corrected chi connectivity index (χ1v) is 11.0. The van der Waals surface area contributed by atoms with Crippen LogP contribution < -0.4 is 0 Å². The summed E-state index contributed by atoms with van der Waals surface area (Å²) in [6.07, 6.45) is 3.37. The maximum Gasteiger partial charge on any atom is 0.223 e. The number of aromatic nitrogens is 3. The molecule has 0 radical (unpaired) electrons. The van der Waals surface area contributed by atoms with Crippen LogP contribution in [-0.2, 0) is 24.3 Å². The van der Waals surface area contributed by atoms with Gasteiger partial charge in [0.1, 0.15) is 0 Å². The summed E-state index contributed by atoms with van der Waals surface area (Å²) in [7, 11) is 0. The third-order valence-electron chi connectivity index (χ3n) is 6.13. The Balaban J connectivity index is 1.54. The van der Waals surface area contributed by atoms with Crippen LogP contribution in [0.15, 0.2) is 48.7 Å². The molecule has 3 heterocycles. The van der Waals surface area contributed by atoms with Gasteiger partial charge in [0.25, 0.3) is 0 Å². The first-order chi connectivity index (χ1) is 14.5. The number of aryl methyl sites for hydroxylation is 1. The van der Waals surface area contributed by atoms with Crippen molar-refractivity contribution in [3.8, 4) is 0 Å². The Kier molecular flexibility index (Phi) is 5.80. The molecule has 0 bridgehead atoms. The summed E-state index contributed by atoms with van der Waals surface area (Å²) < 4.78 is 4.37. The van der Waals surface area contributed by atoms with E-state index in [0.29, 0.717) is 12.3 Å². The van der Waals surface area contributed by atoms with Crippen LogP contribution in [-0.4, -0.2) is 31.7 Å². The van der Waals surface area contributed by atoms with Gasteiger partial charge in [0, 0.05) is 43.6 Å². The second-order valence-corrected chi connectivity index (χ2v) is 8.75. The Morgan fingerprint density at radius 3 is 2.60 bits per heavy atom. The number of rotatable bonds is 6. The fourth-order valence-electron chi connectivity index (χ4n) is 4.63. The standard InChI is InChI=1S/C25H32N4O/c1-18(2)17-29-20(4)22(19(3)26-29)12-13-24(30)28-16-15-27-14-8-11-23(27)25(28)21-9-6-5-7-10-21/h5-11,14,18,25H,12-13,15-17H2,1-4H3. The van der Waals surface area contributed by atoms with E-state index in [1.54, 1.807) is 0 Å². The molecule has 1 atom stereocenters. The van der Waals surface area contributed by atoms with Crippen LogP contribution in [0.5, 0.6) is 0 Å². The van der Waals surface area contributed by atoms with Crippen molar-refractivity contribution in [1.82, 2.24) is 19.2 Å². The monoisotopic (exact) mass is 404 g/mol. The molecular formula is C25H32N4O. The quantitative estimate of drug-likeness (QED) is 0.606. The van der Waals surface area contributed by atoms with Crippen molar-refractivity contribution in [2.45, 2.75) is 59.7 Å². The van der Waals surface area contributed by atoms with Crippen molar-refractivity contribution >= 4 is 5.91 Å². The maximum absolute atomic E-state index is 13.4. The second kappa shape index (κ2) is 8.50. The van der Waals surface area contributed by atoms with Crippen LogP contribution in [0.4, 0.5) is 0 Å². The van der Waals surface area contributed by atoms with E-state index in [2.05, 4.69) is 84.4 Å². The lowest BCUT2D eigenvalue weighted by molar-refractivity contribution is -0.133. The van der Waals surface area contributed by atoms with E-state index in [-0.39, 0.29) is 11.9 Å². The fraction of sp³-hybridized carbons (Fsp3) is 0.440. The van der Waals surface area contributed by atoms with Crippen LogP contribution in [0.2, 0.25) is 0 Å². The van der Waals surface area contributed by atoms with E-state index < -0.39 is 0 Å². The van der Waals surface area contributed by atoms with E-state index in [0.717, 1.165) is 31.7 Å². The fourth-order valence-corrected chi connectivity index (χ4v) is 4.63. The molecule has 0 fully saturated rings. The number of carbonyl (C=O) groups excluding carboxylic acids is 1. The molecule has 2 aromatic heterocycles. The van der Waals surface area contributed by atoms with Gasteiger partial charge in [0.05, 0.1) is 11.7 Å². The summed E-state index contributed by atoms with van der Waals surface area (Å²) in [6.45, 7) is 11.1. The molecule has 5 nitrogen and oxygen atoms in total. The largest absolute Gasteiger partial charge is 0.348 e. The number of carbonyl (C=O) groups is 1. The Labute approximate surface area is 179 Å². The van der Waals surface area contributed by atoms with Gasteiger partial charge in [-0.1, -0.05) is 44.2 Å². The smallest absolute Gasteiger partial charge is 0.223 e. The number of hydrogen-bond acceptors (Lipinski definition) is 2. The van der Waals surface area contributed by atoms with Crippen LogP contribution in [0, 0.1) is 19.8 Å². The zero-order valence-electron chi connectivity index (χ0n) is 18.5. The third-order valence-corrected chi connectivity index (χ3v) is 6.13. The van der Waals surface area contributed by atoms with E-state index >= 15 is 0 Å². The van der Waals surface area contributed by atoms with E-state index in [1.165, 1.54) is 22.5 Å². The number of nitrogens with zero attached hydrogens (tertiary/aromatic N) is 4. The number of hydrogen-bond donors (Lipinski definition) is 0. The first-order valence-electron chi connectivity index (χ1n) is 11.0. The topological polar surface area (TPSA) is 43.1 Å². The van der Waals surface area contributed by atoms with Gasteiger partial charge in [-0.25, -0.2) is 0 Å². The lowest BCUT2D eigenvalue weighted by Crippen LogP contribution is -2.42. The molecule has 0 aliphatic carbocycles. The van der Waals surface area contributed by atoms with E-state index in [1.807, 2.05) is 6.07 Å². The summed E-state index contributed by atoms with van der Waals surface area (Å²) in [5, 5.41) is 4.71. The molecule has 0 saturated carbocycles. The molecule has 158 valence electrons. The van der Waals surface area contributed by atoms with Crippen LogP contribution in [0.1, 0.15) is 54.5 Å². The molecule has 1 aromatic carbocycles. The number of amides is 1. The van der Waals surface area contributed by atoms with Gasteiger partial charge in [-0.2, -0.15) is 5.10 Å². The average molecular weight is 405 g/mol. The van der Waals surface area contributed by atoms with Crippen molar-refractivity contribution in [2.75, 3.05) is 6.54 Å². The molecule has 0 N–H and O–H groups in total. The molecule has 4 rings (SSSR count). The van der Waals surface area contributed by atoms with Gasteiger partial charge in [0.2, 0.25) is 5.91 Å². The Hall–Kier alpha value is -2.82. The highest BCUT2D eigenvalue weighted by molar-refractivity contribution is 5.77. The van der Waals surface area contributed by atoms with Gasteiger partial charge < -0.3 is 9.47 Å². The summed E-state index contributed by atoms with van der Waals surface area (Å²) >= 11 is 0. The Bertz CT molecular complexity index is 1020. The molecule has 0 spiro atoms. The molecule has 30 heavy (non-hydrogen) atoms. The predicted octanol–water partition coefficient (Wildman–Crippen LogP) is 4.52. The highest BCUT2D eigenvalue weighted by Crippen LogP contribution is 2.33. The van der Waals surface area contributed by atoms with Crippen LogP contribution in [0.25, 0.3) is 0 Å². The molecule has 0 saturated heterocycles. The third kappa shape index (κ3) is 3.93. The summed E-state index contributed by atoms with van der Waals surface area (Å²) in [4.78, 5) is 15.4. The second-order valence-electron chi connectivity index (χ2n) is 8.75. The van der Waals surface area contributed by atoms with Crippen molar-refractivity contribution in [3.05, 3.63) is 76.9 Å². The molecule has 1 unspecified atom stereocenters. The average Bonchev–Trinajstić information content (AvgIpc) is 3.30. The normalized spacial score (nSPS) is 16.2. The first kappa shape index (κ1) is 20.5. The summed E-state index contributed by atoms with van der Waals surface area (Å²) in [6, 6.07) is 14.6. The molecule has 3 aromatic rings. The summed E-state index contributed by atoms with van der Waals surface area (Å²) in [5.41, 5.74) is 5.83. The minimum Gasteiger partial charge on any atom is -0.348 e. The Morgan fingerprint density at radius 1 is 1.10 bits per heavy atom. The zero-order valence-corrected chi connectivity index (χ0v) is 18.5. The number of benzene rings is 1. The number of fused-ring (bicyclic) bond motifs is 1. The molecule has 1 amide bonds. The minimum atomic E-state index is -0.0201. The Morgan fingerprint density at radius 2 is 1.87 bits per heavy atom. The molecular weight excluding hydrogens is 372 g/mol. The van der Waals surface area contributed by atoms with Crippen LogP contribution in [0.3, 0.4) is 0 Å². The molecule has 1 aliphatic heterocycles. The van der Waals surface area contributed by atoms with Crippen LogP contribution >= 0.6 is 0 Å². The van der Waals surface area contributed by atoms with Gasteiger partial charge in [-0.05, 0) is 49.4 Å². The summed E-state index contributed by atoms with van der Waals surface area (Å²) in [5.74, 6) is 0.764. The van der Waals surface area contributed by atoms with E-state index in [4.69, 9.17) is 5.10 Å². The minimum absolute atomic E-state index is 0.0201. The zero-order chi connectivity index (χ0) is 21.3. The molecule has 5 heteroatoms. The van der Waals surface area contributed by atoms with Crippen molar-refractivity contribution in [3.63, 3.8) is 0 Å². The highest BCUT2D eigenvalue weighted by atomic mass is 16.2. The lowest BCUT2D eigenvalue weighted by atomic mass is 9.98. The highest BCUT2D eigenvalue weighted by Gasteiger charge is 2.31. The van der Waals surface area contributed by atoms with Gasteiger partial charge in [-0.3, -0.25) is 9.48 Å². The van der Waals surface area contributed by atoms with Crippen molar-refractivity contribution in [2.24, 2.45) is 5.92 Å². The van der Waals surface area contributed by atoms with Crippen molar-refractivity contribution in [1.29, 1.82) is 0 Å².